The van der Waals surface area contributed by atoms with Crippen molar-refractivity contribution in [1.29, 1.82) is 0 Å². The molecule has 13 atom stereocenters. The zero-order chi connectivity index (χ0) is 70.4. The van der Waals surface area contributed by atoms with Crippen LogP contribution >= 0.6 is 12.6 Å². The number of aliphatic hydroxyl groups excluding tert-OH is 3. The highest BCUT2D eigenvalue weighted by atomic mass is 32.1. The third-order valence-electron chi connectivity index (χ3n) is 13.5. The maximum absolute atomic E-state index is 13.5. The van der Waals surface area contributed by atoms with E-state index in [2.05, 4.69) is 97.0 Å². The van der Waals surface area contributed by atoms with Crippen molar-refractivity contribution in [2.75, 3.05) is 38.6 Å². The number of hydrogen-bond acceptors (Lipinski definition) is 21. The molecular weight excluding hydrogens is 1230 g/mol. The van der Waals surface area contributed by atoms with E-state index in [1.807, 2.05) is 0 Å². The van der Waals surface area contributed by atoms with Gasteiger partial charge < -0.3 is 106 Å². The number of aliphatic hydroxyl groups is 3. The fraction of sp³-hybridized carbons (Fsp3) is 0.673. The first-order valence-corrected chi connectivity index (χ1v) is 30.1. The number of nitrogens with one attached hydrogen (secondary N) is 15. The summed E-state index contributed by atoms with van der Waals surface area (Å²) in [5.74, 6) is -16.1. The molecule has 1 rings (SSSR count). The Morgan fingerprint density at radius 1 is 0.457 bits per heavy atom. The molecule has 0 aliphatic carbocycles. The number of nitrogens with two attached hydrogens (primary N) is 1. The van der Waals surface area contributed by atoms with E-state index in [0.717, 1.165) is 6.92 Å². The van der Waals surface area contributed by atoms with E-state index >= 15 is 0 Å². The molecule has 21 N–H and O–H groups in total. The molecule has 0 radical (unpaired) electrons. The van der Waals surface area contributed by atoms with Crippen LogP contribution < -0.4 is 80.2 Å². The highest BCUT2D eigenvalue weighted by molar-refractivity contribution is 7.80. The lowest BCUT2D eigenvalue weighted by Gasteiger charge is -2.28. The van der Waals surface area contributed by atoms with Crippen molar-refractivity contribution in [1.82, 2.24) is 84.4 Å². The average Bonchev–Trinajstić information content (AvgIpc) is 2.30. The van der Waals surface area contributed by atoms with Crippen LogP contribution in [0.2, 0.25) is 0 Å². The quantitative estimate of drug-likeness (QED) is 0.0271. The summed E-state index contributed by atoms with van der Waals surface area (Å²) in [6, 6.07) is -16.5. The smallest absolute Gasteiger partial charge is 0.326 e. The number of carbonyl (C=O) groups excluding carboxylic acids is 14. The summed E-state index contributed by atoms with van der Waals surface area (Å²) in [4.78, 5) is 201. The minimum Gasteiger partial charge on any atom is -0.480 e. The Morgan fingerprint density at radius 3 is 1.34 bits per heavy atom. The van der Waals surface area contributed by atoms with Gasteiger partial charge in [-0.05, 0) is 57.8 Å². The lowest BCUT2D eigenvalue weighted by atomic mass is 9.99. The summed E-state index contributed by atoms with van der Waals surface area (Å²) >= 11 is 4.04. The van der Waals surface area contributed by atoms with Crippen LogP contribution in [0.15, 0.2) is 12.5 Å². The topological polar surface area (TPSA) is 560 Å². The van der Waals surface area contributed by atoms with Crippen molar-refractivity contribution in [3.63, 3.8) is 0 Å². The molecule has 1 heterocycles. The summed E-state index contributed by atoms with van der Waals surface area (Å²) in [5.41, 5.74) is 5.88. The number of aromatic nitrogens is 2. The monoisotopic (exact) mass is 1330 g/mol. The largest absolute Gasteiger partial charge is 0.480 e. The van der Waals surface area contributed by atoms with Crippen molar-refractivity contribution in [3.05, 3.63) is 18.2 Å². The molecule has 0 spiro atoms. The van der Waals surface area contributed by atoms with Crippen molar-refractivity contribution >= 4 is 101 Å². The number of hydrogen-bond donors (Lipinski definition) is 21. The summed E-state index contributed by atoms with van der Waals surface area (Å²) < 4.78 is 0. The second kappa shape index (κ2) is 40.3. The maximum atomic E-state index is 13.5. The lowest BCUT2D eigenvalue weighted by molar-refractivity contribution is -0.142. The van der Waals surface area contributed by atoms with Gasteiger partial charge in [0.05, 0.1) is 45.3 Å². The molecular formula is C55H93N17O19S. The zero-order valence-corrected chi connectivity index (χ0v) is 54.4. The number of imidazole rings is 1. The van der Waals surface area contributed by atoms with E-state index in [4.69, 9.17) is 10.8 Å². The first-order valence-electron chi connectivity index (χ1n) is 29.5. The van der Waals surface area contributed by atoms with E-state index in [-0.39, 0.29) is 24.5 Å². The van der Waals surface area contributed by atoms with Gasteiger partial charge in [-0.2, -0.15) is 12.6 Å². The number of aromatic amines is 1. The predicted octanol–water partition coefficient (Wildman–Crippen LogP) is -8.59. The first kappa shape index (κ1) is 81.5. The molecule has 36 nitrogen and oxygen atoms in total. The SMILES string of the molecule is CC(C)C[C@H](NC(=O)[C@@H](NC(=O)[C@H](C)NC(=O)[C@@H](N)CO)C(C)C)C(=O)N[C@@H](C)C(=O)NCC(=O)NCC(=O)N[C@H](C(=O)N[C@@H](C)C(=O)N[C@H](C(=O)NCC(=O)N[C@H](C(=O)N[C@@H](CO)C(=O)N[C@@H](CS)C(=O)N[C@@H](Cc1cnc[nH]1)C(=O)O)[C@@H](C)O)C(C)C)C(C)C. The number of aliphatic carboxylic acids is 1. The molecule has 1 aromatic heterocycles. The number of amides is 14. The standard InChI is InChI=1S/C55H93N17O19S/c1-23(2)13-33(65-53(88)42(26(7)8)72-45(80)28(10)62-47(82)32(56)19-73)48(83)63-27(9)44(79)59-16-37(76)58-17-38(77)69-41(25(5)6)52(87)64-29(11)46(81)71-40(24(3)4)51(86)60-18-39(78)70-43(30(12)75)54(89)67-35(20-74)49(84)68-36(21-92)50(85)66-34(55(90)91)14-31-15-57-22-61-31/h15,22-30,32-36,40-43,73-75,92H,13-14,16-21,56H2,1-12H3,(H,57,61)(H,58,76)(H,59,79)(H,60,86)(H,62,82)(H,63,83)(H,64,87)(H,65,88)(H,66,85)(H,67,89)(H,68,84)(H,69,77)(H,70,78)(H,71,81)(H,72,80)(H,90,91)/t27-,28-,29-,30+,32-,33-,34-,35-,36-,40-,41-,42-,43-/m0/s1. The number of nitrogens with zero attached hydrogens (tertiary/aromatic N) is 1. The van der Waals surface area contributed by atoms with Crippen LogP contribution in [0.5, 0.6) is 0 Å². The van der Waals surface area contributed by atoms with Crippen LogP contribution in [0.4, 0.5) is 0 Å². The molecule has 518 valence electrons. The summed E-state index contributed by atoms with van der Waals surface area (Å²) in [7, 11) is 0. The third kappa shape index (κ3) is 28.7. The summed E-state index contributed by atoms with van der Waals surface area (Å²) in [5, 5.41) is 72.2. The second-order valence-electron chi connectivity index (χ2n) is 23.1. The van der Waals surface area contributed by atoms with Crippen LogP contribution in [-0.2, 0) is 78.3 Å². The van der Waals surface area contributed by atoms with Gasteiger partial charge >= 0.3 is 5.97 Å². The summed E-state index contributed by atoms with van der Waals surface area (Å²) in [6.45, 7) is 14.2. The Labute approximate surface area is 537 Å². The van der Waals surface area contributed by atoms with E-state index in [1.165, 1.54) is 33.3 Å². The number of carboxylic acid groups (broad SMARTS) is 1. The minimum atomic E-state index is -1.79. The van der Waals surface area contributed by atoms with Crippen LogP contribution in [0.25, 0.3) is 0 Å². The fourth-order valence-corrected chi connectivity index (χ4v) is 8.30. The van der Waals surface area contributed by atoms with Crippen LogP contribution in [0, 0.1) is 23.7 Å². The molecule has 92 heavy (non-hydrogen) atoms. The molecule has 0 fully saturated rings. The van der Waals surface area contributed by atoms with Gasteiger partial charge in [0.1, 0.15) is 72.5 Å². The van der Waals surface area contributed by atoms with Gasteiger partial charge in [0.15, 0.2) is 0 Å². The molecule has 0 saturated heterocycles. The molecule has 0 aliphatic heterocycles. The number of carboxylic acids is 1. The van der Waals surface area contributed by atoms with Crippen molar-refractivity contribution in [3.8, 4) is 0 Å². The highest BCUT2D eigenvalue weighted by Crippen LogP contribution is 2.11. The van der Waals surface area contributed by atoms with E-state index in [1.54, 1.807) is 55.4 Å². The third-order valence-corrected chi connectivity index (χ3v) is 13.9. The number of rotatable bonds is 40. The van der Waals surface area contributed by atoms with Gasteiger partial charge in [-0.15, -0.1) is 0 Å². The van der Waals surface area contributed by atoms with Gasteiger partial charge in [-0.25, -0.2) is 9.78 Å². The normalized spacial score (nSPS) is 15.4. The van der Waals surface area contributed by atoms with Gasteiger partial charge in [0.2, 0.25) is 82.7 Å². The van der Waals surface area contributed by atoms with Crippen LogP contribution in [0.3, 0.4) is 0 Å². The zero-order valence-electron chi connectivity index (χ0n) is 53.5. The average molecular weight is 1330 g/mol. The molecule has 0 aliphatic rings. The number of carbonyl (C=O) groups is 15. The molecule has 14 amide bonds. The van der Waals surface area contributed by atoms with Crippen molar-refractivity contribution in [2.24, 2.45) is 29.4 Å². The Hall–Kier alpha value is -8.55. The van der Waals surface area contributed by atoms with E-state index in [0.29, 0.717) is 5.69 Å². The van der Waals surface area contributed by atoms with Gasteiger partial charge in [0.25, 0.3) is 0 Å². The number of H-pyrrole nitrogens is 1. The maximum Gasteiger partial charge on any atom is 0.326 e. The van der Waals surface area contributed by atoms with Crippen molar-refractivity contribution in [2.45, 2.75) is 175 Å². The molecule has 0 saturated carbocycles. The Balaban J connectivity index is 2.82. The lowest BCUT2D eigenvalue weighted by Crippen LogP contribution is -2.61. The molecule has 0 bridgehead atoms. The molecule has 0 unspecified atom stereocenters. The molecule has 37 heteroatoms. The van der Waals surface area contributed by atoms with Gasteiger partial charge in [0, 0.05) is 24.1 Å². The Bertz CT molecular complexity index is 2720. The van der Waals surface area contributed by atoms with E-state index in [9.17, 15) is 87.2 Å². The minimum absolute atomic E-state index is 0.106. The Morgan fingerprint density at radius 2 is 0.859 bits per heavy atom. The van der Waals surface area contributed by atoms with Crippen LogP contribution in [-0.4, -0.2) is 236 Å². The summed E-state index contributed by atoms with van der Waals surface area (Å²) in [6.07, 6.45) is 0.931. The van der Waals surface area contributed by atoms with Gasteiger partial charge in [-0.3, -0.25) is 67.1 Å². The van der Waals surface area contributed by atoms with Crippen LogP contribution in [0.1, 0.15) is 95.2 Å². The molecule has 1 aromatic rings. The van der Waals surface area contributed by atoms with Gasteiger partial charge in [-0.1, -0.05) is 55.4 Å². The van der Waals surface area contributed by atoms with E-state index < -0.39 is 218 Å². The number of thiol groups is 1. The predicted molar refractivity (Wildman–Crippen MR) is 329 cm³/mol. The second-order valence-corrected chi connectivity index (χ2v) is 23.5. The first-order chi connectivity index (χ1) is 42.9. The van der Waals surface area contributed by atoms with Crippen molar-refractivity contribution < 1.29 is 92.3 Å². The Kier molecular flexibility index (Phi) is 35.7. The fourth-order valence-electron chi connectivity index (χ4n) is 8.05. The highest BCUT2D eigenvalue weighted by Gasteiger charge is 2.36. The molecule has 0 aromatic carbocycles.